The van der Waals surface area contributed by atoms with Gasteiger partial charge in [-0.05, 0) is 100 Å². The number of aliphatic hydroxyl groups excluding tert-OH is 1. The molecule has 2 unspecified atom stereocenters. The molecule has 4 amide bonds. The second-order valence-corrected chi connectivity index (χ2v) is 22.0. The summed E-state index contributed by atoms with van der Waals surface area (Å²) in [7, 11) is 0. The van der Waals surface area contributed by atoms with Gasteiger partial charge in [0.15, 0.2) is 5.82 Å². The number of rotatable bonds is 15. The average Bonchev–Trinajstić information content (AvgIpc) is 4.10. The van der Waals surface area contributed by atoms with Crippen molar-refractivity contribution >= 4 is 63.6 Å². The van der Waals surface area contributed by atoms with Gasteiger partial charge in [-0.25, -0.2) is 4.98 Å². The Balaban J connectivity index is 0.850. The molecule has 2 aliphatic rings. The van der Waals surface area contributed by atoms with E-state index in [1.54, 1.807) is 46.9 Å². The Bertz CT molecular complexity index is 2960. The number of carbonyl (C=O) groups excluding carboxylic acids is 4. The van der Waals surface area contributed by atoms with Crippen LogP contribution in [0.4, 0.5) is 0 Å². The third kappa shape index (κ3) is 11.3. The highest BCUT2D eigenvalue weighted by atomic mass is 35.5. The molecule has 3 aromatic heterocycles. The maximum atomic E-state index is 14.3. The van der Waals surface area contributed by atoms with Gasteiger partial charge in [-0.3, -0.25) is 28.7 Å². The van der Waals surface area contributed by atoms with Crippen molar-refractivity contribution in [3.8, 4) is 21.2 Å². The van der Waals surface area contributed by atoms with Crippen molar-refractivity contribution in [1.29, 1.82) is 0 Å². The first-order chi connectivity index (χ1) is 33.8. The van der Waals surface area contributed by atoms with E-state index in [-0.39, 0.29) is 43.3 Å². The number of carbonyl (C=O) groups is 4. The molecule has 6 atom stereocenters. The van der Waals surface area contributed by atoms with Crippen molar-refractivity contribution in [2.24, 2.45) is 10.4 Å². The minimum absolute atomic E-state index is 0.0364. The summed E-state index contributed by atoms with van der Waals surface area (Å²) < 4.78 is 8.19. The molecule has 8 rings (SSSR count). The number of fused-ring (bicyclic) bond motifs is 3. The molecular formula is C53H60ClN9O6S2. The van der Waals surface area contributed by atoms with Crippen LogP contribution in [0.2, 0.25) is 5.02 Å². The van der Waals surface area contributed by atoms with E-state index >= 15 is 0 Å². The summed E-state index contributed by atoms with van der Waals surface area (Å²) in [5.74, 6) is 0.346. The summed E-state index contributed by atoms with van der Waals surface area (Å²) in [4.78, 5) is 68.6. The van der Waals surface area contributed by atoms with Crippen LogP contribution in [0.3, 0.4) is 0 Å². The topological polar surface area (TPSA) is 193 Å². The van der Waals surface area contributed by atoms with E-state index < -0.39 is 41.5 Å². The van der Waals surface area contributed by atoms with Crippen molar-refractivity contribution in [1.82, 2.24) is 40.6 Å². The molecule has 0 spiro atoms. The van der Waals surface area contributed by atoms with Gasteiger partial charge in [0.25, 0.3) is 5.91 Å². The second-order valence-electron chi connectivity index (χ2n) is 19.5. The Kier molecular flexibility index (Phi) is 15.3. The Morgan fingerprint density at radius 3 is 2.27 bits per heavy atom. The number of nitrogens with zero attached hydrogens (tertiary/aromatic N) is 6. The van der Waals surface area contributed by atoms with Crippen LogP contribution in [0.25, 0.3) is 15.4 Å². The highest BCUT2D eigenvalue weighted by Crippen LogP contribution is 2.40. The lowest BCUT2D eigenvalue weighted by Gasteiger charge is -2.35. The largest absolute Gasteiger partial charge is 0.491 e. The fourth-order valence-corrected chi connectivity index (χ4v) is 11.2. The van der Waals surface area contributed by atoms with E-state index in [2.05, 4.69) is 45.0 Å². The average molecular weight is 1020 g/mol. The molecule has 18 heteroatoms. The van der Waals surface area contributed by atoms with Gasteiger partial charge in [-0.1, -0.05) is 68.8 Å². The number of nitrogens with one attached hydrogen (secondary N) is 3. The molecule has 1 saturated heterocycles. The summed E-state index contributed by atoms with van der Waals surface area (Å²) in [6.45, 7) is 17.7. The summed E-state index contributed by atoms with van der Waals surface area (Å²) in [6, 6.07) is 19.2. The van der Waals surface area contributed by atoms with Gasteiger partial charge >= 0.3 is 0 Å². The SMILES string of the molecule is Cc1ncsc1-c1ccc([C@H](C)NC(=O)[C@@H]2C[C@@H](O)CN2C(=O)C(NC(=O)c2ccc(OC(C)CCNC(=O)C[C@@H]3N=C(c4ccc(Cl)cc4)c4c(sc(C)c4C)-n4c(C)nnc43)cc2)C(C)(C)C)cc1. The number of aromatic nitrogens is 4. The number of thiazole rings is 1. The molecule has 0 radical (unpaired) electrons. The zero-order chi connectivity index (χ0) is 50.9. The molecule has 6 aromatic rings. The van der Waals surface area contributed by atoms with E-state index in [1.807, 2.05) is 107 Å². The summed E-state index contributed by atoms with van der Waals surface area (Å²) in [5, 5.41) is 30.2. The number of aliphatic hydroxyl groups is 1. The summed E-state index contributed by atoms with van der Waals surface area (Å²) >= 11 is 9.49. The van der Waals surface area contributed by atoms with E-state index in [0.717, 1.165) is 54.0 Å². The third-order valence-electron chi connectivity index (χ3n) is 13.1. The smallest absolute Gasteiger partial charge is 0.251 e. The van der Waals surface area contributed by atoms with Gasteiger partial charge in [0.05, 0.1) is 46.5 Å². The molecule has 5 heterocycles. The van der Waals surface area contributed by atoms with Crippen LogP contribution < -0.4 is 20.7 Å². The van der Waals surface area contributed by atoms with Gasteiger partial charge in [-0.15, -0.1) is 32.9 Å². The molecule has 4 N–H and O–H groups in total. The number of likely N-dealkylation sites (tertiary alicyclic amines) is 1. The van der Waals surface area contributed by atoms with Crippen molar-refractivity contribution in [3.05, 3.63) is 133 Å². The first-order valence-corrected chi connectivity index (χ1v) is 25.8. The zero-order valence-electron chi connectivity index (χ0n) is 41.4. The van der Waals surface area contributed by atoms with E-state index in [4.69, 9.17) is 21.3 Å². The standard InChI is InChI=1S/C53H60ClN9O6S2/c1-28(22-23-55-43(65)25-41-48-61-60-33(6)63(48)52-44(29(2)32(5)71-52)45(58-41)35-14-18-38(54)19-15-35)69-40-20-16-37(17-21-40)49(66)59-47(53(7,8)9)51(68)62-26-39(64)24-42(62)50(67)57-30(3)34-10-12-36(13-11-34)46-31(4)56-27-70-46/h10-21,27-28,30,39,41-42,47,64H,22-26H2,1-9H3,(H,55,65)(H,57,67)(H,59,66)/t28?,30-,39+,41-,42-,47?/m0/s1. The molecule has 15 nitrogen and oxygen atoms in total. The molecule has 372 valence electrons. The molecular weight excluding hydrogens is 958 g/mol. The number of hydrogen-bond donors (Lipinski definition) is 4. The molecule has 71 heavy (non-hydrogen) atoms. The zero-order valence-corrected chi connectivity index (χ0v) is 43.8. The highest BCUT2D eigenvalue weighted by Gasteiger charge is 2.45. The third-order valence-corrected chi connectivity index (χ3v) is 15.5. The minimum atomic E-state index is -1.01. The number of β-amino-alcohol motifs (C(OH)–C–C–N with tert-alkyl or cyclic N) is 1. The number of aryl methyl sites for hydroxylation is 3. The monoisotopic (exact) mass is 1020 g/mol. The van der Waals surface area contributed by atoms with Crippen molar-refractivity contribution in [3.63, 3.8) is 0 Å². The normalized spacial score (nSPS) is 17.8. The van der Waals surface area contributed by atoms with Crippen LogP contribution in [-0.2, 0) is 14.4 Å². The van der Waals surface area contributed by atoms with Gasteiger partial charge in [0.2, 0.25) is 17.7 Å². The van der Waals surface area contributed by atoms with Crippen LogP contribution in [0.1, 0.15) is 121 Å². The lowest BCUT2D eigenvalue weighted by atomic mass is 9.85. The lowest BCUT2D eigenvalue weighted by molar-refractivity contribution is -0.142. The number of aliphatic imine (C=N–C) groups is 1. The number of halogens is 1. The van der Waals surface area contributed by atoms with Crippen molar-refractivity contribution in [2.75, 3.05) is 13.1 Å². The van der Waals surface area contributed by atoms with E-state index in [0.29, 0.717) is 40.9 Å². The molecule has 3 aromatic carbocycles. The maximum absolute atomic E-state index is 14.3. The number of ether oxygens (including phenoxy) is 1. The van der Waals surface area contributed by atoms with Crippen LogP contribution in [-0.4, -0.2) is 96.5 Å². The lowest BCUT2D eigenvalue weighted by Crippen LogP contribution is -2.57. The number of thiophene rings is 1. The first kappa shape index (κ1) is 51.1. The molecule has 0 saturated carbocycles. The van der Waals surface area contributed by atoms with E-state index in [9.17, 15) is 24.3 Å². The van der Waals surface area contributed by atoms with E-state index in [1.165, 1.54) is 4.90 Å². The Labute approximate surface area is 427 Å². The Morgan fingerprint density at radius 1 is 0.915 bits per heavy atom. The first-order valence-electron chi connectivity index (χ1n) is 23.8. The van der Waals surface area contributed by atoms with Crippen LogP contribution >= 0.6 is 34.3 Å². The summed E-state index contributed by atoms with van der Waals surface area (Å²) in [5.41, 5.74) is 8.05. The van der Waals surface area contributed by atoms with Crippen LogP contribution in [0, 0.1) is 33.1 Å². The second kappa shape index (κ2) is 21.2. The van der Waals surface area contributed by atoms with Gasteiger partial charge in [0, 0.05) is 52.5 Å². The van der Waals surface area contributed by atoms with Crippen LogP contribution in [0.5, 0.6) is 5.75 Å². The quantitative estimate of drug-likeness (QED) is 0.0780. The number of benzene rings is 3. The van der Waals surface area contributed by atoms with Crippen molar-refractivity contribution < 1.29 is 29.0 Å². The van der Waals surface area contributed by atoms with Gasteiger partial charge in [0.1, 0.15) is 34.7 Å². The fraction of sp³-hybridized carbons (Fsp3) is 0.396. The van der Waals surface area contributed by atoms with Crippen molar-refractivity contribution in [2.45, 2.75) is 118 Å². The predicted molar refractivity (Wildman–Crippen MR) is 278 cm³/mol. The number of amides is 4. The fourth-order valence-electron chi connectivity index (χ4n) is 9.00. The Hall–Kier alpha value is -6.27. The predicted octanol–water partition coefficient (Wildman–Crippen LogP) is 8.58. The molecule has 0 aliphatic carbocycles. The van der Waals surface area contributed by atoms with Gasteiger partial charge < -0.3 is 30.7 Å². The molecule has 1 fully saturated rings. The molecule has 0 bridgehead atoms. The highest BCUT2D eigenvalue weighted by molar-refractivity contribution is 7.15. The maximum Gasteiger partial charge on any atom is 0.251 e. The number of hydrogen-bond acceptors (Lipinski definition) is 12. The van der Waals surface area contributed by atoms with Crippen LogP contribution in [0.15, 0.2) is 83.3 Å². The minimum Gasteiger partial charge on any atom is -0.491 e. The molecule has 2 aliphatic heterocycles. The van der Waals surface area contributed by atoms with Gasteiger partial charge in [-0.2, -0.15) is 0 Å². The summed E-state index contributed by atoms with van der Waals surface area (Å²) in [6.07, 6.45) is -0.552. The Morgan fingerprint density at radius 2 is 1.61 bits per heavy atom.